The molecular weight excluding hydrogens is 238 g/mol. The van der Waals surface area contributed by atoms with Crippen molar-refractivity contribution in [3.8, 4) is 6.19 Å². The molecule has 2 N–H and O–H groups in total. The smallest absolute Gasteiger partial charge is 0.182 e. The summed E-state index contributed by atoms with van der Waals surface area (Å²) in [7, 11) is 0. The number of nitriles is 1. The van der Waals surface area contributed by atoms with E-state index in [0.29, 0.717) is 11.6 Å². The van der Waals surface area contributed by atoms with Crippen LogP contribution in [0.2, 0.25) is 0 Å². The van der Waals surface area contributed by atoms with E-state index in [2.05, 4.69) is 39.7 Å². The first-order valence-corrected chi connectivity index (χ1v) is 6.05. The Labute approximate surface area is 112 Å². The summed E-state index contributed by atoms with van der Waals surface area (Å²) in [6, 6.07) is 10.0. The predicted molar refractivity (Wildman–Crippen MR) is 74.6 cm³/mol. The molecular formula is C14H15N5. The van der Waals surface area contributed by atoms with Gasteiger partial charge in [-0.2, -0.15) is 5.26 Å². The second-order valence-electron chi connectivity index (χ2n) is 4.13. The zero-order valence-electron chi connectivity index (χ0n) is 10.7. The van der Waals surface area contributed by atoms with Crippen molar-refractivity contribution >= 4 is 11.6 Å². The number of rotatable bonds is 5. The van der Waals surface area contributed by atoms with Gasteiger partial charge in [-0.1, -0.05) is 24.3 Å². The van der Waals surface area contributed by atoms with Crippen LogP contribution in [0.3, 0.4) is 0 Å². The van der Waals surface area contributed by atoms with Gasteiger partial charge >= 0.3 is 0 Å². The lowest BCUT2D eigenvalue weighted by Crippen LogP contribution is -2.07. The Balaban J connectivity index is 1.91. The van der Waals surface area contributed by atoms with E-state index in [-0.39, 0.29) is 0 Å². The van der Waals surface area contributed by atoms with Crippen LogP contribution < -0.4 is 10.6 Å². The lowest BCUT2D eigenvalue weighted by molar-refractivity contribution is 0.988. The SMILES string of the molecule is Cc1ccccc1CCNc1cc(NC#N)ncn1. The summed E-state index contributed by atoms with van der Waals surface area (Å²) in [5.41, 5.74) is 2.61. The lowest BCUT2D eigenvalue weighted by Gasteiger charge is -2.08. The second-order valence-corrected chi connectivity index (χ2v) is 4.13. The van der Waals surface area contributed by atoms with Gasteiger partial charge in [0.15, 0.2) is 6.19 Å². The Bertz CT molecular complexity index is 588. The fraction of sp³-hybridized carbons (Fsp3) is 0.214. The van der Waals surface area contributed by atoms with E-state index in [1.165, 1.54) is 17.5 Å². The summed E-state index contributed by atoms with van der Waals surface area (Å²) < 4.78 is 0. The van der Waals surface area contributed by atoms with Crippen molar-refractivity contribution in [1.82, 2.24) is 9.97 Å². The highest BCUT2D eigenvalue weighted by atomic mass is 15.1. The number of aryl methyl sites for hydroxylation is 1. The van der Waals surface area contributed by atoms with Gasteiger partial charge in [-0.25, -0.2) is 9.97 Å². The van der Waals surface area contributed by atoms with Crippen LogP contribution in [0.15, 0.2) is 36.7 Å². The fourth-order valence-corrected chi connectivity index (χ4v) is 1.80. The summed E-state index contributed by atoms with van der Waals surface area (Å²) in [4.78, 5) is 8.03. The third kappa shape index (κ3) is 3.68. The number of anilines is 2. The summed E-state index contributed by atoms with van der Waals surface area (Å²) in [5, 5.41) is 14.2. The second kappa shape index (κ2) is 6.36. The van der Waals surface area contributed by atoms with Gasteiger partial charge in [-0.05, 0) is 24.5 Å². The maximum Gasteiger partial charge on any atom is 0.182 e. The molecule has 5 heteroatoms. The van der Waals surface area contributed by atoms with Gasteiger partial charge in [-0.15, -0.1) is 0 Å². The Hall–Kier alpha value is -2.61. The zero-order valence-corrected chi connectivity index (χ0v) is 10.7. The first-order valence-electron chi connectivity index (χ1n) is 6.05. The van der Waals surface area contributed by atoms with Gasteiger partial charge in [-0.3, -0.25) is 5.32 Å². The van der Waals surface area contributed by atoms with Crippen molar-refractivity contribution in [2.24, 2.45) is 0 Å². The molecule has 0 atom stereocenters. The van der Waals surface area contributed by atoms with Crippen LogP contribution >= 0.6 is 0 Å². The van der Waals surface area contributed by atoms with E-state index in [1.807, 2.05) is 18.3 Å². The molecule has 0 aliphatic heterocycles. The Morgan fingerprint density at radius 2 is 2.00 bits per heavy atom. The number of nitrogens with one attached hydrogen (secondary N) is 2. The fourth-order valence-electron chi connectivity index (χ4n) is 1.80. The van der Waals surface area contributed by atoms with E-state index in [9.17, 15) is 0 Å². The summed E-state index contributed by atoms with van der Waals surface area (Å²) >= 11 is 0. The standard InChI is InChI=1S/C14H15N5/c1-11-4-2-3-5-12(11)6-7-16-13-8-14(17-9-15)19-10-18-13/h2-5,8,10H,6-7H2,1H3,(H2,16,17,18,19). The summed E-state index contributed by atoms with van der Waals surface area (Å²) in [5.74, 6) is 1.21. The molecule has 0 amide bonds. The van der Waals surface area contributed by atoms with Gasteiger partial charge in [0.1, 0.15) is 18.0 Å². The zero-order chi connectivity index (χ0) is 13.5. The van der Waals surface area contributed by atoms with Crippen LogP contribution in [0.4, 0.5) is 11.6 Å². The number of hydrogen-bond acceptors (Lipinski definition) is 5. The molecule has 0 spiro atoms. The van der Waals surface area contributed by atoms with Crippen LogP contribution in [0, 0.1) is 18.4 Å². The molecule has 5 nitrogen and oxygen atoms in total. The number of aromatic nitrogens is 2. The molecule has 0 radical (unpaired) electrons. The normalized spacial score (nSPS) is 9.68. The van der Waals surface area contributed by atoms with Crippen molar-refractivity contribution in [3.63, 3.8) is 0 Å². The van der Waals surface area contributed by atoms with E-state index < -0.39 is 0 Å². The molecule has 1 heterocycles. The van der Waals surface area contributed by atoms with E-state index in [0.717, 1.165) is 13.0 Å². The highest BCUT2D eigenvalue weighted by molar-refractivity contribution is 5.48. The minimum absolute atomic E-state index is 0.496. The molecule has 1 aromatic heterocycles. The molecule has 19 heavy (non-hydrogen) atoms. The third-order valence-electron chi connectivity index (χ3n) is 2.81. The molecule has 0 aliphatic rings. The van der Waals surface area contributed by atoms with E-state index >= 15 is 0 Å². The summed E-state index contributed by atoms with van der Waals surface area (Å²) in [6.45, 7) is 2.89. The van der Waals surface area contributed by atoms with Crippen LogP contribution in [0.5, 0.6) is 0 Å². The topological polar surface area (TPSA) is 73.6 Å². The number of benzene rings is 1. The van der Waals surface area contributed by atoms with Crippen molar-refractivity contribution < 1.29 is 0 Å². The van der Waals surface area contributed by atoms with Crippen molar-refractivity contribution in [2.45, 2.75) is 13.3 Å². The van der Waals surface area contributed by atoms with Crippen LogP contribution in [0.25, 0.3) is 0 Å². The van der Waals surface area contributed by atoms with E-state index in [1.54, 1.807) is 6.07 Å². The average Bonchev–Trinajstić information content (AvgIpc) is 2.42. The monoisotopic (exact) mass is 253 g/mol. The van der Waals surface area contributed by atoms with Gasteiger partial charge < -0.3 is 5.32 Å². The molecule has 1 aromatic carbocycles. The molecule has 0 bridgehead atoms. The van der Waals surface area contributed by atoms with Crippen molar-refractivity contribution in [3.05, 3.63) is 47.8 Å². The van der Waals surface area contributed by atoms with Crippen LogP contribution in [0.1, 0.15) is 11.1 Å². The van der Waals surface area contributed by atoms with Gasteiger partial charge in [0.05, 0.1) is 0 Å². The maximum atomic E-state index is 8.52. The summed E-state index contributed by atoms with van der Waals surface area (Å²) in [6.07, 6.45) is 4.19. The maximum absolute atomic E-state index is 8.52. The Morgan fingerprint density at radius 1 is 1.21 bits per heavy atom. The van der Waals surface area contributed by atoms with Crippen LogP contribution in [-0.2, 0) is 6.42 Å². The molecule has 2 rings (SSSR count). The predicted octanol–water partition coefficient (Wildman–Crippen LogP) is 2.33. The highest BCUT2D eigenvalue weighted by Crippen LogP contribution is 2.10. The number of nitrogens with zero attached hydrogens (tertiary/aromatic N) is 3. The lowest BCUT2D eigenvalue weighted by atomic mass is 10.1. The largest absolute Gasteiger partial charge is 0.370 e. The molecule has 0 saturated carbocycles. The first-order chi connectivity index (χ1) is 9.29. The minimum Gasteiger partial charge on any atom is -0.370 e. The van der Waals surface area contributed by atoms with Gasteiger partial charge in [0.2, 0.25) is 0 Å². The molecule has 0 fully saturated rings. The third-order valence-corrected chi connectivity index (χ3v) is 2.81. The van der Waals surface area contributed by atoms with Crippen LogP contribution in [-0.4, -0.2) is 16.5 Å². The molecule has 0 aliphatic carbocycles. The molecule has 0 saturated heterocycles. The van der Waals surface area contributed by atoms with Gasteiger partial charge in [0.25, 0.3) is 0 Å². The first kappa shape index (κ1) is 12.8. The van der Waals surface area contributed by atoms with E-state index in [4.69, 9.17) is 5.26 Å². The van der Waals surface area contributed by atoms with Gasteiger partial charge in [0, 0.05) is 12.6 Å². The Kier molecular flexibility index (Phi) is 4.29. The average molecular weight is 253 g/mol. The van der Waals surface area contributed by atoms with Crippen molar-refractivity contribution in [2.75, 3.05) is 17.2 Å². The van der Waals surface area contributed by atoms with Crippen molar-refractivity contribution in [1.29, 1.82) is 5.26 Å². The molecule has 0 unspecified atom stereocenters. The number of hydrogen-bond donors (Lipinski definition) is 2. The molecule has 2 aromatic rings. The molecule has 96 valence electrons. The quantitative estimate of drug-likeness (QED) is 0.632. The minimum atomic E-state index is 0.496. The highest BCUT2D eigenvalue weighted by Gasteiger charge is 1.99. The Morgan fingerprint density at radius 3 is 2.79 bits per heavy atom.